The van der Waals surface area contributed by atoms with Gasteiger partial charge in [0.05, 0.1) is 0 Å². The predicted octanol–water partition coefficient (Wildman–Crippen LogP) is 2.45. The highest BCUT2D eigenvalue weighted by atomic mass is 35.5. The van der Waals surface area contributed by atoms with Crippen molar-refractivity contribution in [2.75, 3.05) is 0 Å². The van der Waals surface area contributed by atoms with E-state index in [1.54, 1.807) is 0 Å². The molecule has 0 saturated carbocycles. The molecule has 3 aromatic rings. The van der Waals surface area contributed by atoms with Gasteiger partial charge >= 0.3 is 6.18 Å². The van der Waals surface area contributed by atoms with E-state index < -0.39 is 11.9 Å². The number of nitrogens with zero attached hydrogens (tertiary/aromatic N) is 5. The van der Waals surface area contributed by atoms with Crippen LogP contribution in [-0.4, -0.2) is 25.0 Å². The third kappa shape index (κ3) is 2.01. The van der Waals surface area contributed by atoms with Crippen LogP contribution >= 0.6 is 11.6 Å². The first-order valence-electron chi connectivity index (χ1n) is 4.87. The molecule has 0 unspecified atom stereocenters. The summed E-state index contributed by atoms with van der Waals surface area (Å²) in [5, 5.41) is 14.8. The Bertz CT molecular complexity index is 750. The van der Waals surface area contributed by atoms with Crippen LogP contribution in [0.4, 0.5) is 13.2 Å². The monoisotopic (exact) mass is 289 g/mol. The van der Waals surface area contributed by atoms with E-state index in [0.29, 0.717) is 5.65 Å². The van der Waals surface area contributed by atoms with Crippen LogP contribution in [0.5, 0.6) is 0 Å². The average Bonchev–Trinajstić information content (AvgIpc) is 2.92. The van der Waals surface area contributed by atoms with Gasteiger partial charge in [0, 0.05) is 6.07 Å². The van der Waals surface area contributed by atoms with Gasteiger partial charge in [0.1, 0.15) is 5.15 Å². The highest BCUT2D eigenvalue weighted by Crippen LogP contribution is 2.31. The molecule has 19 heavy (non-hydrogen) atoms. The molecule has 0 spiro atoms. The molecule has 98 valence electrons. The molecule has 0 aliphatic rings. The van der Waals surface area contributed by atoms with Crippen molar-refractivity contribution < 1.29 is 17.7 Å². The van der Waals surface area contributed by atoms with Crippen LogP contribution in [0.3, 0.4) is 0 Å². The fourth-order valence-corrected chi connectivity index (χ4v) is 1.58. The van der Waals surface area contributed by atoms with Crippen molar-refractivity contribution >= 4 is 17.2 Å². The zero-order valence-corrected chi connectivity index (χ0v) is 9.64. The molecule has 0 atom stereocenters. The van der Waals surface area contributed by atoms with Gasteiger partial charge in [-0.3, -0.25) is 0 Å². The molecule has 0 fully saturated rings. The summed E-state index contributed by atoms with van der Waals surface area (Å²) in [5.74, 6) is -1.21. The van der Waals surface area contributed by atoms with Crippen LogP contribution in [0.1, 0.15) is 5.76 Å². The molecule has 10 heteroatoms. The van der Waals surface area contributed by atoms with Crippen molar-refractivity contribution in [1.82, 2.24) is 25.0 Å². The molecule has 0 saturated heterocycles. The first-order chi connectivity index (χ1) is 8.95. The maximum atomic E-state index is 12.4. The zero-order chi connectivity index (χ0) is 13.6. The van der Waals surface area contributed by atoms with Crippen LogP contribution in [0.15, 0.2) is 22.7 Å². The van der Waals surface area contributed by atoms with E-state index in [-0.39, 0.29) is 16.7 Å². The van der Waals surface area contributed by atoms with Crippen molar-refractivity contribution in [3.63, 3.8) is 0 Å². The summed E-state index contributed by atoms with van der Waals surface area (Å²) in [4.78, 5) is 0. The number of hydrogen-bond donors (Lipinski definition) is 0. The van der Waals surface area contributed by atoms with E-state index in [1.807, 2.05) is 0 Å². The molecular weight excluding hydrogens is 287 g/mol. The van der Waals surface area contributed by atoms with Crippen LogP contribution in [0, 0.1) is 0 Å². The Morgan fingerprint density at radius 2 is 2.00 bits per heavy atom. The number of rotatable bonds is 1. The number of alkyl halides is 3. The molecule has 3 heterocycles. The molecule has 3 aromatic heterocycles. The van der Waals surface area contributed by atoms with Gasteiger partial charge in [0.2, 0.25) is 11.6 Å². The standard InChI is InChI=1S/C9H3ClF3N5O/c10-6-1-2-7-14-15-8(18(7)16-6)4-3-5(19-17-4)9(11,12)13/h1-3H. The maximum absolute atomic E-state index is 12.4. The third-order valence-electron chi connectivity index (χ3n) is 2.25. The molecule has 0 radical (unpaired) electrons. The van der Waals surface area contributed by atoms with E-state index in [2.05, 4.69) is 25.0 Å². The van der Waals surface area contributed by atoms with Crippen LogP contribution in [0.2, 0.25) is 5.15 Å². The van der Waals surface area contributed by atoms with Crippen molar-refractivity contribution in [2.45, 2.75) is 6.18 Å². The molecule has 0 amide bonds. The molecule has 0 N–H and O–H groups in total. The van der Waals surface area contributed by atoms with Crippen molar-refractivity contribution in [3.8, 4) is 11.5 Å². The molecular formula is C9H3ClF3N5O. The normalized spacial score (nSPS) is 12.2. The zero-order valence-electron chi connectivity index (χ0n) is 8.89. The summed E-state index contributed by atoms with van der Waals surface area (Å²) >= 11 is 5.70. The minimum atomic E-state index is -4.61. The van der Waals surface area contributed by atoms with E-state index >= 15 is 0 Å². The Kier molecular flexibility index (Phi) is 2.45. The van der Waals surface area contributed by atoms with E-state index in [1.165, 1.54) is 16.6 Å². The summed E-state index contributed by atoms with van der Waals surface area (Å²) in [5.41, 5.74) is 0.200. The van der Waals surface area contributed by atoms with Gasteiger partial charge in [0.15, 0.2) is 11.3 Å². The Morgan fingerprint density at radius 3 is 2.68 bits per heavy atom. The summed E-state index contributed by atoms with van der Waals surface area (Å²) in [6.07, 6.45) is -4.61. The fourth-order valence-electron chi connectivity index (χ4n) is 1.44. The first-order valence-corrected chi connectivity index (χ1v) is 5.25. The predicted molar refractivity (Wildman–Crippen MR) is 56.3 cm³/mol. The molecule has 0 aliphatic carbocycles. The minimum absolute atomic E-state index is 0.0109. The lowest BCUT2D eigenvalue weighted by atomic mass is 10.3. The second-order valence-corrected chi connectivity index (χ2v) is 3.91. The van der Waals surface area contributed by atoms with Crippen molar-refractivity contribution in [1.29, 1.82) is 0 Å². The van der Waals surface area contributed by atoms with Gasteiger partial charge in [-0.25, -0.2) is 0 Å². The van der Waals surface area contributed by atoms with E-state index in [9.17, 15) is 13.2 Å². The highest BCUT2D eigenvalue weighted by molar-refractivity contribution is 6.29. The van der Waals surface area contributed by atoms with Gasteiger partial charge in [-0.2, -0.15) is 22.8 Å². The van der Waals surface area contributed by atoms with Crippen molar-refractivity contribution in [3.05, 3.63) is 29.1 Å². The van der Waals surface area contributed by atoms with Gasteiger partial charge in [-0.05, 0) is 12.1 Å². The van der Waals surface area contributed by atoms with Gasteiger partial charge in [-0.15, -0.1) is 10.2 Å². The summed E-state index contributed by atoms with van der Waals surface area (Å²) < 4.78 is 42.6. The lowest BCUT2D eigenvalue weighted by Crippen LogP contribution is -2.02. The second kappa shape index (κ2) is 3.92. The van der Waals surface area contributed by atoms with Gasteiger partial charge in [-0.1, -0.05) is 16.8 Å². The Labute approximate surface area is 107 Å². The smallest absolute Gasteiger partial charge is 0.351 e. The quantitative estimate of drug-likeness (QED) is 0.688. The number of halogens is 4. The number of aromatic nitrogens is 5. The molecule has 0 aliphatic heterocycles. The first kappa shape index (κ1) is 11.9. The largest absolute Gasteiger partial charge is 0.452 e. The molecule has 0 aromatic carbocycles. The Balaban J connectivity index is 2.14. The third-order valence-corrected chi connectivity index (χ3v) is 2.45. The summed E-state index contributed by atoms with van der Waals surface area (Å²) in [6, 6.07) is 3.73. The van der Waals surface area contributed by atoms with Crippen molar-refractivity contribution in [2.24, 2.45) is 0 Å². The lowest BCUT2D eigenvalue weighted by molar-refractivity contribution is -0.155. The van der Waals surface area contributed by atoms with E-state index in [4.69, 9.17) is 11.6 Å². The minimum Gasteiger partial charge on any atom is -0.351 e. The molecule has 3 rings (SSSR count). The second-order valence-electron chi connectivity index (χ2n) is 3.52. The number of hydrogen-bond acceptors (Lipinski definition) is 5. The van der Waals surface area contributed by atoms with Gasteiger partial charge < -0.3 is 4.52 Å². The van der Waals surface area contributed by atoms with Crippen LogP contribution < -0.4 is 0 Å². The maximum Gasteiger partial charge on any atom is 0.452 e. The lowest BCUT2D eigenvalue weighted by Gasteiger charge is -1.97. The van der Waals surface area contributed by atoms with Crippen LogP contribution in [-0.2, 0) is 6.18 Å². The summed E-state index contributed by atoms with van der Waals surface area (Å²) in [7, 11) is 0. The van der Waals surface area contributed by atoms with Gasteiger partial charge in [0.25, 0.3) is 0 Å². The Morgan fingerprint density at radius 1 is 1.21 bits per heavy atom. The van der Waals surface area contributed by atoms with E-state index in [0.717, 1.165) is 6.07 Å². The summed E-state index contributed by atoms with van der Waals surface area (Å²) in [6.45, 7) is 0. The topological polar surface area (TPSA) is 69.1 Å². The molecule has 0 bridgehead atoms. The SMILES string of the molecule is FC(F)(F)c1cc(-c2nnc3ccc(Cl)nn23)no1. The highest BCUT2D eigenvalue weighted by Gasteiger charge is 2.36. The number of fused-ring (bicyclic) bond motifs is 1. The fraction of sp³-hybridized carbons (Fsp3) is 0.111. The molecule has 6 nitrogen and oxygen atoms in total. The average molecular weight is 290 g/mol. The van der Waals surface area contributed by atoms with Crippen LogP contribution in [0.25, 0.3) is 17.2 Å². The Hall–Kier alpha value is -2.16.